The van der Waals surface area contributed by atoms with Gasteiger partial charge >= 0.3 is 0 Å². The van der Waals surface area contributed by atoms with Crippen molar-refractivity contribution in [3.05, 3.63) is 132 Å². The Bertz CT molecular complexity index is 2530. The zero-order chi connectivity index (χ0) is 28.7. The van der Waals surface area contributed by atoms with Crippen LogP contribution in [0.4, 0.5) is 0 Å². The Morgan fingerprint density at radius 3 is 1.79 bits per heavy atom. The van der Waals surface area contributed by atoms with Crippen LogP contribution in [0.3, 0.4) is 0 Å². The SMILES string of the molecule is O=S1(=O)Cc2ccc(-c3ccc4c(c3)oc3ccccc34)cc2-c2cc(-c3cccc4oc5ccccc5c34)ccc2C1. The van der Waals surface area contributed by atoms with Gasteiger partial charge in [0.2, 0.25) is 0 Å². The number of furan rings is 2. The molecule has 0 N–H and O–H groups in total. The first-order chi connectivity index (χ1) is 21.0. The summed E-state index contributed by atoms with van der Waals surface area (Å²) in [6.45, 7) is 0. The maximum absolute atomic E-state index is 13.2. The van der Waals surface area contributed by atoms with Crippen molar-refractivity contribution >= 4 is 53.7 Å². The molecular formula is C38H24O4S. The van der Waals surface area contributed by atoms with Crippen LogP contribution in [0.15, 0.2) is 130 Å². The zero-order valence-corrected chi connectivity index (χ0v) is 23.8. The second-order valence-corrected chi connectivity index (χ2v) is 13.4. The third kappa shape index (κ3) is 3.85. The monoisotopic (exact) mass is 576 g/mol. The molecule has 0 aliphatic carbocycles. The summed E-state index contributed by atoms with van der Waals surface area (Å²) >= 11 is 0. The van der Waals surface area contributed by atoms with Crippen molar-refractivity contribution in [3.63, 3.8) is 0 Å². The molecule has 0 unspecified atom stereocenters. The molecule has 0 spiro atoms. The number of hydrogen-bond acceptors (Lipinski definition) is 4. The van der Waals surface area contributed by atoms with Crippen molar-refractivity contribution in [3.8, 4) is 33.4 Å². The predicted molar refractivity (Wildman–Crippen MR) is 174 cm³/mol. The van der Waals surface area contributed by atoms with Gasteiger partial charge in [0.1, 0.15) is 22.3 Å². The maximum Gasteiger partial charge on any atom is 0.158 e. The second kappa shape index (κ2) is 8.93. The first kappa shape index (κ1) is 24.5. The Morgan fingerprint density at radius 1 is 0.442 bits per heavy atom. The highest BCUT2D eigenvalue weighted by atomic mass is 32.2. The highest BCUT2D eigenvalue weighted by molar-refractivity contribution is 7.89. The Kier molecular flexibility index (Phi) is 5.08. The van der Waals surface area contributed by atoms with E-state index in [4.69, 9.17) is 8.83 Å². The Labute approximate surface area is 247 Å². The van der Waals surface area contributed by atoms with Crippen LogP contribution in [0.1, 0.15) is 11.1 Å². The van der Waals surface area contributed by atoms with Gasteiger partial charge < -0.3 is 8.83 Å². The fourth-order valence-electron chi connectivity index (χ4n) is 6.70. The fourth-order valence-corrected chi connectivity index (χ4v) is 8.25. The Morgan fingerprint density at radius 2 is 1.00 bits per heavy atom. The van der Waals surface area contributed by atoms with Crippen LogP contribution in [-0.2, 0) is 21.3 Å². The average molecular weight is 577 g/mol. The molecule has 0 amide bonds. The quantitative estimate of drug-likeness (QED) is 0.205. The van der Waals surface area contributed by atoms with Crippen LogP contribution in [0, 0.1) is 0 Å². The lowest BCUT2D eigenvalue weighted by Gasteiger charge is -2.14. The molecule has 9 rings (SSSR count). The lowest BCUT2D eigenvalue weighted by Crippen LogP contribution is -2.05. The van der Waals surface area contributed by atoms with E-state index >= 15 is 0 Å². The standard InChI is InChI=1S/C38H24O4S/c39-43(40)21-26-14-12-23(24-16-17-30-29-6-1-3-9-34(29)42-37(30)20-24)18-32(26)33-19-25(13-15-27(33)22-43)28-8-5-11-36-38(28)31-7-2-4-10-35(31)41-36/h1-20H,21-22H2. The van der Waals surface area contributed by atoms with Gasteiger partial charge in [0, 0.05) is 21.5 Å². The van der Waals surface area contributed by atoms with Gasteiger partial charge in [-0.2, -0.15) is 0 Å². The number of hydrogen-bond donors (Lipinski definition) is 0. The molecule has 0 fully saturated rings. The van der Waals surface area contributed by atoms with Crippen LogP contribution in [-0.4, -0.2) is 8.42 Å². The van der Waals surface area contributed by atoms with Crippen LogP contribution in [0.2, 0.25) is 0 Å². The molecule has 6 aromatic carbocycles. The van der Waals surface area contributed by atoms with E-state index in [1.165, 1.54) is 0 Å². The number of benzene rings is 6. The summed E-state index contributed by atoms with van der Waals surface area (Å²) in [6, 6.07) is 40.8. The van der Waals surface area contributed by atoms with Crippen molar-refractivity contribution in [2.45, 2.75) is 11.5 Å². The molecular weight excluding hydrogens is 552 g/mol. The number of fused-ring (bicyclic) bond motifs is 9. The third-order valence-corrected chi connectivity index (χ3v) is 10.2. The summed E-state index contributed by atoms with van der Waals surface area (Å²) in [6.07, 6.45) is 0. The van der Waals surface area contributed by atoms with E-state index in [1.54, 1.807) is 0 Å². The van der Waals surface area contributed by atoms with E-state index < -0.39 is 9.84 Å². The highest BCUT2D eigenvalue weighted by Gasteiger charge is 2.25. The molecule has 3 heterocycles. The van der Waals surface area contributed by atoms with E-state index in [0.717, 1.165) is 88.4 Å². The summed E-state index contributed by atoms with van der Waals surface area (Å²) in [7, 11) is -3.33. The van der Waals surface area contributed by atoms with Gasteiger partial charge in [0.15, 0.2) is 9.84 Å². The zero-order valence-electron chi connectivity index (χ0n) is 23.0. The van der Waals surface area contributed by atoms with Gasteiger partial charge in [0.25, 0.3) is 0 Å². The molecule has 1 aliphatic rings. The third-order valence-electron chi connectivity index (χ3n) is 8.69. The van der Waals surface area contributed by atoms with Crippen LogP contribution >= 0.6 is 0 Å². The molecule has 0 bridgehead atoms. The summed E-state index contributed by atoms with van der Waals surface area (Å²) in [5.41, 5.74) is 11.0. The fraction of sp³-hybridized carbons (Fsp3) is 0.0526. The molecule has 43 heavy (non-hydrogen) atoms. The average Bonchev–Trinajstić information content (AvgIpc) is 3.56. The van der Waals surface area contributed by atoms with E-state index in [-0.39, 0.29) is 11.5 Å². The lowest BCUT2D eigenvalue weighted by atomic mass is 9.89. The van der Waals surface area contributed by atoms with Crippen LogP contribution < -0.4 is 0 Å². The largest absolute Gasteiger partial charge is 0.456 e. The molecule has 0 saturated carbocycles. The van der Waals surface area contributed by atoms with Gasteiger partial charge in [-0.1, -0.05) is 78.9 Å². The maximum atomic E-state index is 13.2. The van der Waals surface area contributed by atoms with Crippen molar-refractivity contribution in [1.29, 1.82) is 0 Å². The number of para-hydroxylation sites is 2. The number of sulfone groups is 1. The summed E-state index contributed by atoms with van der Waals surface area (Å²) in [5.74, 6) is 0.0214. The van der Waals surface area contributed by atoms with Crippen molar-refractivity contribution < 1.29 is 17.3 Å². The summed E-state index contributed by atoms with van der Waals surface area (Å²) in [5, 5.41) is 4.30. The van der Waals surface area contributed by atoms with Crippen molar-refractivity contribution in [2.24, 2.45) is 0 Å². The lowest BCUT2D eigenvalue weighted by molar-refractivity contribution is 0.595. The smallest absolute Gasteiger partial charge is 0.158 e. The van der Waals surface area contributed by atoms with Gasteiger partial charge in [-0.05, 0) is 87.0 Å². The molecule has 1 aliphatic heterocycles. The minimum atomic E-state index is -3.33. The minimum absolute atomic E-state index is 0.0103. The number of rotatable bonds is 2. The normalized spacial score (nSPS) is 14.2. The van der Waals surface area contributed by atoms with Crippen molar-refractivity contribution in [1.82, 2.24) is 0 Å². The minimum Gasteiger partial charge on any atom is -0.456 e. The van der Waals surface area contributed by atoms with E-state index in [9.17, 15) is 8.42 Å². The molecule has 0 atom stereocenters. The Balaban J connectivity index is 1.24. The Hall–Kier alpha value is -5.13. The van der Waals surface area contributed by atoms with Gasteiger partial charge in [-0.3, -0.25) is 0 Å². The van der Waals surface area contributed by atoms with Gasteiger partial charge in [-0.15, -0.1) is 0 Å². The molecule has 4 nitrogen and oxygen atoms in total. The molecule has 8 aromatic rings. The molecule has 0 saturated heterocycles. The molecule has 5 heteroatoms. The van der Waals surface area contributed by atoms with Gasteiger partial charge in [-0.25, -0.2) is 8.42 Å². The summed E-state index contributed by atoms with van der Waals surface area (Å²) < 4.78 is 38.7. The first-order valence-electron chi connectivity index (χ1n) is 14.3. The molecule has 206 valence electrons. The first-order valence-corrected chi connectivity index (χ1v) is 16.1. The van der Waals surface area contributed by atoms with E-state index in [0.29, 0.717) is 0 Å². The van der Waals surface area contributed by atoms with E-state index in [1.807, 2.05) is 72.8 Å². The van der Waals surface area contributed by atoms with Gasteiger partial charge in [0.05, 0.1) is 11.5 Å². The second-order valence-electron chi connectivity index (χ2n) is 11.4. The van der Waals surface area contributed by atoms with Crippen LogP contribution in [0.25, 0.3) is 77.3 Å². The molecule has 0 radical (unpaired) electrons. The topological polar surface area (TPSA) is 60.4 Å². The molecule has 2 aromatic heterocycles. The van der Waals surface area contributed by atoms with Crippen molar-refractivity contribution in [2.75, 3.05) is 0 Å². The highest BCUT2D eigenvalue weighted by Crippen LogP contribution is 2.42. The summed E-state index contributed by atoms with van der Waals surface area (Å²) in [4.78, 5) is 0. The predicted octanol–water partition coefficient (Wildman–Crippen LogP) is 9.91. The van der Waals surface area contributed by atoms with E-state index in [2.05, 4.69) is 48.5 Å². The van der Waals surface area contributed by atoms with Crippen LogP contribution in [0.5, 0.6) is 0 Å².